The SMILES string of the molecule is CC(C)(C)OC(=O)N(C(=O)O)c1cc(NC2CCC(=O)NC2=O)ccc1F. The van der Waals surface area contributed by atoms with Gasteiger partial charge in [0.15, 0.2) is 0 Å². The summed E-state index contributed by atoms with van der Waals surface area (Å²) in [5.41, 5.74) is -1.33. The van der Waals surface area contributed by atoms with Crippen molar-refractivity contribution in [2.45, 2.75) is 45.3 Å². The zero-order chi connectivity index (χ0) is 20.4. The first-order valence-electron chi connectivity index (χ1n) is 8.14. The topological polar surface area (TPSA) is 125 Å². The summed E-state index contributed by atoms with van der Waals surface area (Å²) in [6.45, 7) is 4.63. The maximum absolute atomic E-state index is 14.2. The van der Waals surface area contributed by atoms with Gasteiger partial charge >= 0.3 is 12.2 Å². The molecule has 1 aliphatic rings. The van der Waals surface area contributed by atoms with E-state index in [9.17, 15) is 28.7 Å². The molecule has 0 spiro atoms. The fraction of sp³-hybridized carbons (Fsp3) is 0.412. The van der Waals surface area contributed by atoms with Crippen LogP contribution in [0.5, 0.6) is 0 Å². The van der Waals surface area contributed by atoms with Crippen LogP contribution in [-0.2, 0) is 14.3 Å². The van der Waals surface area contributed by atoms with Crippen LogP contribution in [0, 0.1) is 5.82 Å². The summed E-state index contributed by atoms with van der Waals surface area (Å²) in [5, 5.41) is 14.3. The quantitative estimate of drug-likeness (QED) is 0.687. The Bertz CT molecular complexity index is 789. The van der Waals surface area contributed by atoms with E-state index in [4.69, 9.17) is 4.74 Å². The Morgan fingerprint density at radius 3 is 2.56 bits per heavy atom. The molecule has 1 aromatic rings. The Morgan fingerprint density at radius 1 is 1.33 bits per heavy atom. The molecule has 1 aliphatic heterocycles. The second kappa shape index (κ2) is 7.60. The number of nitrogens with one attached hydrogen (secondary N) is 2. The Kier molecular flexibility index (Phi) is 5.67. The van der Waals surface area contributed by atoms with Gasteiger partial charge in [-0.05, 0) is 45.4 Å². The summed E-state index contributed by atoms with van der Waals surface area (Å²) < 4.78 is 19.2. The molecule has 1 saturated heterocycles. The highest BCUT2D eigenvalue weighted by molar-refractivity contribution is 6.09. The third kappa shape index (κ3) is 5.16. The standard InChI is InChI=1S/C17H20FN3O6/c1-17(2,3)27-16(26)21(15(24)25)12-8-9(4-5-10(12)18)19-11-6-7-13(22)20-14(11)23/h4-5,8,11,19H,6-7H2,1-3H3,(H,24,25)(H,20,22,23). The number of hydrogen-bond donors (Lipinski definition) is 3. The van der Waals surface area contributed by atoms with Crippen LogP contribution in [-0.4, -0.2) is 40.8 Å². The summed E-state index contributed by atoms with van der Waals surface area (Å²) in [5.74, 6) is -1.89. The van der Waals surface area contributed by atoms with Gasteiger partial charge in [0.05, 0.1) is 5.69 Å². The number of imide groups is 2. The van der Waals surface area contributed by atoms with Crippen LogP contribution in [0.25, 0.3) is 0 Å². The van der Waals surface area contributed by atoms with Crippen LogP contribution in [0.4, 0.5) is 25.4 Å². The van der Waals surface area contributed by atoms with E-state index in [-0.39, 0.29) is 29.3 Å². The van der Waals surface area contributed by atoms with Crippen LogP contribution in [0.2, 0.25) is 0 Å². The van der Waals surface area contributed by atoms with Gasteiger partial charge in [-0.15, -0.1) is 0 Å². The van der Waals surface area contributed by atoms with Crippen LogP contribution < -0.4 is 15.5 Å². The molecular weight excluding hydrogens is 361 g/mol. The molecule has 1 fully saturated rings. The average molecular weight is 381 g/mol. The molecule has 10 heteroatoms. The number of nitrogens with zero attached hydrogens (tertiary/aromatic N) is 1. The summed E-state index contributed by atoms with van der Waals surface area (Å²) in [6.07, 6.45) is -2.61. The van der Waals surface area contributed by atoms with Crippen molar-refractivity contribution in [2.75, 3.05) is 10.2 Å². The summed E-state index contributed by atoms with van der Waals surface area (Å²) in [6, 6.07) is 2.58. The van der Waals surface area contributed by atoms with Crippen molar-refractivity contribution in [2.24, 2.45) is 0 Å². The second-order valence-electron chi connectivity index (χ2n) is 6.91. The Morgan fingerprint density at radius 2 is 2.00 bits per heavy atom. The smallest absolute Gasteiger partial charge is 0.424 e. The van der Waals surface area contributed by atoms with E-state index in [1.165, 1.54) is 6.07 Å². The van der Waals surface area contributed by atoms with E-state index < -0.39 is 41.2 Å². The molecule has 146 valence electrons. The van der Waals surface area contributed by atoms with Crippen LogP contribution in [0.1, 0.15) is 33.6 Å². The average Bonchev–Trinajstić information content (AvgIpc) is 2.51. The fourth-order valence-electron chi connectivity index (χ4n) is 2.39. The minimum absolute atomic E-state index is 0.136. The predicted molar refractivity (Wildman–Crippen MR) is 92.9 cm³/mol. The lowest BCUT2D eigenvalue weighted by Gasteiger charge is -2.26. The minimum atomic E-state index is -1.72. The lowest BCUT2D eigenvalue weighted by molar-refractivity contribution is -0.133. The van der Waals surface area contributed by atoms with Gasteiger partial charge in [-0.3, -0.25) is 14.9 Å². The van der Waals surface area contributed by atoms with Gasteiger partial charge in [-0.25, -0.2) is 14.0 Å². The molecule has 0 radical (unpaired) electrons. The number of carbonyl (C=O) groups excluding carboxylic acids is 3. The number of benzene rings is 1. The summed E-state index contributed by atoms with van der Waals surface area (Å²) in [7, 11) is 0. The zero-order valence-corrected chi connectivity index (χ0v) is 15.0. The first-order valence-corrected chi connectivity index (χ1v) is 8.14. The van der Waals surface area contributed by atoms with Crippen molar-refractivity contribution in [3.8, 4) is 0 Å². The maximum atomic E-state index is 14.2. The first-order chi connectivity index (χ1) is 12.5. The molecule has 0 aromatic heterocycles. The van der Waals surface area contributed by atoms with E-state index in [1.807, 2.05) is 0 Å². The van der Waals surface area contributed by atoms with E-state index >= 15 is 0 Å². The molecule has 1 atom stereocenters. The molecule has 1 heterocycles. The Balaban J connectivity index is 2.29. The van der Waals surface area contributed by atoms with Gasteiger partial charge in [0, 0.05) is 12.1 Å². The van der Waals surface area contributed by atoms with E-state index in [1.54, 1.807) is 20.8 Å². The van der Waals surface area contributed by atoms with Gasteiger partial charge in [0.25, 0.3) is 0 Å². The number of piperidine rings is 1. The van der Waals surface area contributed by atoms with Crippen molar-refractivity contribution < 1.29 is 33.4 Å². The largest absolute Gasteiger partial charge is 0.464 e. The molecule has 1 unspecified atom stereocenters. The lowest BCUT2D eigenvalue weighted by Crippen LogP contribution is -2.47. The number of hydrogen-bond acceptors (Lipinski definition) is 6. The maximum Gasteiger partial charge on any atom is 0.424 e. The zero-order valence-electron chi connectivity index (χ0n) is 15.0. The van der Waals surface area contributed by atoms with E-state index in [2.05, 4.69) is 10.6 Å². The molecule has 27 heavy (non-hydrogen) atoms. The number of ether oxygens (including phenoxy) is 1. The molecule has 0 bridgehead atoms. The highest BCUT2D eigenvalue weighted by Gasteiger charge is 2.31. The molecule has 3 N–H and O–H groups in total. The number of carbonyl (C=O) groups is 4. The van der Waals surface area contributed by atoms with Crippen LogP contribution in [0.3, 0.4) is 0 Å². The van der Waals surface area contributed by atoms with Crippen LogP contribution in [0.15, 0.2) is 18.2 Å². The number of rotatable bonds is 3. The number of halogens is 1. The summed E-state index contributed by atoms with van der Waals surface area (Å²) >= 11 is 0. The third-order valence-corrected chi connectivity index (χ3v) is 3.53. The van der Waals surface area contributed by atoms with Gasteiger partial charge in [0.2, 0.25) is 11.8 Å². The molecule has 9 nitrogen and oxygen atoms in total. The van der Waals surface area contributed by atoms with Gasteiger partial charge < -0.3 is 15.2 Å². The van der Waals surface area contributed by atoms with Gasteiger partial charge in [-0.2, -0.15) is 4.90 Å². The number of carboxylic acid groups (broad SMARTS) is 1. The van der Waals surface area contributed by atoms with Crippen molar-refractivity contribution in [3.63, 3.8) is 0 Å². The summed E-state index contributed by atoms with van der Waals surface area (Å²) in [4.78, 5) is 46.8. The Labute approximate surface area is 154 Å². The van der Waals surface area contributed by atoms with Gasteiger partial charge in [-0.1, -0.05) is 0 Å². The first kappa shape index (κ1) is 20.1. The fourth-order valence-corrected chi connectivity index (χ4v) is 2.39. The van der Waals surface area contributed by atoms with Crippen LogP contribution >= 0.6 is 0 Å². The molecule has 1 aromatic carbocycles. The van der Waals surface area contributed by atoms with E-state index in [0.29, 0.717) is 0 Å². The van der Waals surface area contributed by atoms with E-state index in [0.717, 1.165) is 12.1 Å². The molecule has 2 rings (SSSR count). The second-order valence-corrected chi connectivity index (χ2v) is 6.91. The lowest BCUT2D eigenvalue weighted by atomic mass is 10.1. The van der Waals surface area contributed by atoms with Crippen molar-refractivity contribution in [3.05, 3.63) is 24.0 Å². The molecule has 4 amide bonds. The highest BCUT2D eigenvalue weighted by Crippen LogP contribution is 2.27. The third-order valence-electron chi connectivity index (χ3n) is 3.53. The number of amides is 4. The molecule has 0 saturated carbocycles. The van der Waals surface area contributed by atoms with Gasteiger partial charge in [0.1, 0.15) is 17.5 Å². The monoisotopic (exact) mass is 381 g/mol. The molecule has 0 aliphatic carbocycles. The highest BCUT2D eigenvalue weighted by atomic mass is 19.1. The normalized spacial score (nSPS) is 17.1. The van der Waals surface area contributed by atoms with Crippen molar-refractivity contribution >= 4 is 35.4 Å². The number of anilines is 2. The van der Waals surface area contributed by atoms with Crippen molar-refractivity contribution in [1.29, 1.82) is 0 Å². The predicted octanol–water partition coefficient (Wildman–Crippen LogP) is 2.46. The Hall–Kier alpha value is -3.17. The molecular formula is C17H20FN3O6. The minimum Gasteiger partial charge on any atom is -0.464 e. The van der Waals surface area contributed by atoms with Crippen molar-refractivity contribution in [1.82, 2.24) is 5.32 Å².